The van der Waals surface area contributed by atoms with Crippen LogP contribution in [0.3, 0.4) is 0 Å². The first-order valence-corrected chi connectivity index (χ1v) is 6.49. The largest absolute Gasteiger partial charge is 0.465 e. The average molecular weight is 236 g/mol. The summed E-state index contributed by atoms with van der Waals surface area (Å²) in [4.78, 5) is 11.6. The van der Waals surface area contributed by atoms with E-state index in [1.54, 1.807) is 0 Å². The highest BCUT2D eigenvalue weighted by molar-refractivity contribution is 5.70. The molecular formula is C15H24O2. The number of rotatable bonds is 6. The van der Waals surface area contributed by atoms with Crippen molar-refractivity contribution in [3.05, 3.63) is 24.8 Å². The van der Waals surface area contributed by atoms with Gasteiger partial charge >= 0.3 is 5.97 Å². The Balaban J connectivity index is 2.35. The quantitative estimate of drug-likeness (QED) is 0.519. The van der Waals surface area contributed by atoms with E-state index in [9.17, 15) is 4.79 Å². The van der Waals surface area contributed by atoms with Crippen LogP contribution in [0.2, 0.25) is 0 Å². The highest BCUT2D eigenvalue weighted by Gasteiger charge is 2.29. The van der Waals surface area contributed by atoms with Crippen molar-refractivity contribution in [3.63, 3.8) is 0 Å². The first-order valence-electron chi connectivity index (χ1n) is 6.49. The smallest absolute Gasteiger partial charge is 0.306 e. The molecule has 1 fully saturated rings. The van der Waals surface area contributed by atoms with Gasteiger partial charge in [-0.2, -0.15) is 0 Å². The lowest BCUT2D eigenvalue weighted by Gasteiger charge is -2.14. The lowest BCUT2D eigenvalue weighted by Crippen LogP contribution is -2.14. The highest BCUT2D eigenvalue weighted by atomic mass is 16.5. The Kier molecular flexibility index (Phi) is 5.46. The molecule has 0 radical (unpaired) electrons. The second-order valence-corrected chi connectivity index (χ2v) is 5.35. The first-order chi connectivity index (χ1) is 8.04. The molecule has 17 heavy (non-hydrogen) atoms. The lowest BCUT2D eigenvalue weighted by molar-refractivity contribution is -0.145. The fourth-order valence-corrected chi connectivity index (χ4v) is 2.33. The van der Waals surface area contributed by atoms with Gasteiger partial charge < -0.3 is 4.74 Å². The van der Waals surface area contributed by atoms with E-state index in [0.717, 1.165) is 19.3 Å². The fourth-order valence-electron chi connectivity index (χ4n) is 2.33. The van der Waals surface area contributed by atoms with Gasteiger partial charge in [-0.25, -0.2) is 0 Å². The van der Waals surface area contributed by atoms with Crippen LogP contribution in [0.5, 0.6) is 0 Å². The van der Waals surface area contributed by atoms with Crippen molar-refractivity contribution in [1.29, 1.82) is 0 Å². The van der Waals surface area contributed by atoms with Gasteiger partial charge in [0, 0.05) is 0 Å². The van der Waals surface area contributed by atoms with Crippen molar-refractivity contribution >= 4 is 5.97 Å². The molecule has 96 valence electrons. The Morgan fingerprint density at radius 3 is 2.71 bits per heavy atom. The molecule has 0 heterocycles. The average Bonchev–Trinajstić information content (AvgIpc) is 2.59. The van der Waals surface area contributed by atoms with Crippen molar-refractivity contribution in [2.75, 3.05) is 6.61 Å². The monoisotopic (exact) mass is 236 g/mol. The standard InChI is InChI=1S/C15H24O2/c1-5-6-13-7-8-14(12(13)4)9-15(16)17-10-11(2)3/h5,11,13-14H,1,4,6-10H2,2-3H3/t13?,14-/m0/s1. The Hall–Kier alpha value is -1.05. The topological polar surface area (TPSA) is 26.3 Å². The Bertz CT molecular complexity index is 291. The third-order valence-corrected chi connectivity index (χ3v) is 3.35. The van der Waals surface area contributed by atoms with Crippen LogP contribution >= 0.6 is 0 Å². The van der Waals surface area contributed by atoms with Crippen molar-refractivity contribution in [3.8, 4) is 0 Å². The minimum absolute atomic E-state index is 0.0795. The summed E-state index contributed by atoms with van der Waals surface area (Å²) < 4.78 is 5.21. The molecule has 2 nitrogen and oxygen atoms in total. The molecule has 0 N–H and O–H groups in total. The summed E-state index contributed by atoms with van der Waals surface area (Å²) in [5.41, 5.74) is 1.21. The zero-order valence-electron chi connectivity index (χ0n) is 11.1. The van der Waals surface area contributed by atoms with E-state index in [0.29, 0.717) is 30.8 Å². The summed E-state index contributed by atoms with van der Waals surface area (Å²) >= 11 is 0. The van der Waals surface area contributed by atoms with Crippen LogP contribution in [0.4, 0.5) is 0 Å². The minimum Gasteiger partial charge on any atom is -0.465 e. The van der Waals surface area contributed by atoms with Crippen molar-refractivity contribution in [1.82, 2.24) is 0 Å². The van der Waals surface area contributed by atoms with E-state index in [-0.39, 0.29) is 5.97 Å². The summed E-state index contributed by atoms with van der Waals surface area (Å²) in [6.45, 7) is 12.5. The molecule has 2 heteroatoms. The maximum absolute atomic E-state index is 11.6. The maximum atomic E-state index is 11.6. The van der Waals surface area contributed by atoms with Gasteiger partial charge in [-0.3, -0.25) is 4.79 Å². The number of carbonyl (C=O) groups excluding carboxylic acids is 1. The van der Waals surface area contributed by atoms with Crippen LogP contribution in [-0.4, -0.2) is 12.6 Å². The molecular weight excluding hydrogens is 212 g/mol. The second kappa shape index (κ2) is 6.63. The minimum atomic E-state index is -0.0795. The normalized spacial score (nSPS) is 24.1. The number of hydrogen-bond acceptors (Lipinski definition) is 2. The van der Waals surface area contributed by atoms with E-state index >= 15 is 0 Å². The van der Waals surface area contributed by atoms with Crippen LogP contribution in [0.1, 0.15) is 39.5 Å². The summed E-state index contributed by atoms with van der Waals surface area (Å²) in [6.07, 6.45) is 5.62. The van der Waals surface area contributed by atoms with Crippen molar-refractivity contribution in [2.24, 2.45) is 17.8 Å². The summed E-state index contributed by atoms with van der Waals surface area (Å²) in [5.74, 6) is 1.17. The molecule has 1 aliphatic carbocycles. The van der Waals surface area contributed by atoms with Crippen LogP contribution in [0.25, 0.3) is 0 Å². The second-order valence-electron chi connectivity index (χ2n) is 5.35. The molecule has 0 spiro atoms. The molecule has 2 atom stereocenters. The first kappa shape index (κ1) is 14.0. The number of ether oxygens (including phenoxy) is 1. The molecule has 1 rings (SSSR count). The van der Waals surface area contributed by atoms with Gasteiger partial charge in [0.05, 0.1) is 13.0 Å². The third kappa shape index (κ3) is 4.37. The predicted molar refractivity (Wildman–Crippen MR) is 70.6 cm³/mol. The molecule has 0 bridgehead atoms. The summed E-state index contributed by atoms with van der Waals surface area (Å²) in [7, 11) is 0. The van der Waals surface area contributed by atoms with Gasteiger partial charge in [0.15, 0.2) is 0 Å². The van der Waals surface area contributed by atoms with E-state index in [1.807, 2.05) is 19.9 Å². The van der Waals surface area contributed by atoms with Gasteiger partial charge in [-0.05, 0) is 37.0 Å². The number of allylic oxidation sites excluding steroid dienone is 2. The molecule has 0 aliphatic heterocycles. The van der Waals surface area contributed by atoms with Crippen molar-refractivity contribution in [2.45, 2.75) is 39.5 Å². The van der Waals surface area contributed by atoms with E-state index in [2.05, 4.69) is 13.2 Å². The predicted octanol–water partition coefficient (Wildman–Crippen LogP) is 3.73. The molecule has 1 saturated carbocycles. The number of carbonyl (C=O) groups is 1. The highest BCUT2D eigenvalue weighted by Crippen LogP contribution is 2.39. The van der Waals surface area contributed by atoms with Gasteiger partial charge in [0.2, 0.25) is 0 Å². The van der Waals surface area contributed by atoms with Gasteiger partial charge in [0.25, 0.3) is 0 Å². The van der Waals surface area contributed by atoms with E-state index < -0.39 is 0 Å². The zero-order valence-corrected chi connectivity index (χ0v) is 11.1. The van der Waals surface area contributed by atoms with Gasteiger partial charge in [0.1, 0.15) is 0 Å². The van der Waals surface area contributed by atoms with E-state index in [4.69, 9.17) is 4.74 Å². The number of hydrogen-bond donors (Lipinski definition) is 0. The summed E-state index contributed by atoms with van der Waals surface area (Å²) in [5, 5.41) is 0. The fraction of sp³-hybridized carbons (Fsp3) is 0.667. The van der Waals surface area contributed by atoms with E-state index in [1.165, 1.54) is 5.57 Å². The molecule has 0 aromatic rings. The van der Waals surface area contributed by atoms with Crippen LogP contribution in [-0.2, 0) is 9.53 Å². The molecule has 0 aromatic heterocycles. The zero-order chi connectivity index (χ0) is 12.8. The molecule has 0 aromatic carbocycles. The Labute approximate surface area is 105 Å². The van der Waals surface area contributed by atoms with Crippen LogP contribution < -0.4 is 0 Å². The van der Waals surface area contributed by atoms with Crippen LogP contribution in [0.15, 0.2) is 24.8 Å². The van der Waals surface area contributed by atoms with Crippen molar-refractivity contribution < 1.29 is 9.53 Å². The Morgan fingerprint density at radius 1 is 1.47 bits per heavy atom. The SMILES string of the molecule is C=CCC1CC[C@@H](CC(=O)OCC(C)C)C1=C. The number of esters is 1. The van der Waals surface area contributed by atoms with Gasteiger partial charge in [-0.15, -0.1) is 6.58 Å². The molecule has 0 amide bonds. The third-order valence-electron chi connectivity index (χ3n) is 3.35. The molecule has 1 unspecified atom stereocenters. The maximum Gasteiger partial charge on any atom is 0.306 e. The van der Waals surface area contributed by atoms with Gasteiger partial charge in [-0.1, -0.05) is 32.1 Å². The molecule has 1 aliphatic rings. The lowest BCUT2D eigenvalue weighted by atomic mass is 9.94. The molecule has 0 saturated heterocycles. The van der Waals surface area contributed by atoms with Crippen LogP contribution in [0, 0.1) is 17.8 Å². The Morgan fingerprint density at radius 2 is 2.12 bits per heavy atom. The summed E-state index contributed by atoms with van der Waals surface area (Å²) in [6, 6.07) is 0.